The number of hydrogen-bond donors (Lipinski definition) is 0. The maximum atomic E-state index is 13.4. The van der Waals surface area contributed by atoms with Crippen LogP contribution in [0.2, 0.25) is 0 Å². The van der Waals surface area contributed by atoms with Gasteiger partial charge in [0.25, 0.3) is 5.56 Å². The lowest BCUT2D eigenvalue weighted by Gasteiger charge is -2.13. The summed E-state index contributed by atoms with van der Waals surface area (Å²) in [5.74, 6) is 2.07. The van der Waals surface area contributed by atoms with Crippen molar-refractivity contribution < 1.29 is 14.2 Å². The van der Waals surface area contributed by atoms with Gasteiger partial charge >= 0.3 is 0 Å². The summed E-state index contributed by atoms with van der Waals surface area (Å²) in [7, 11) is 4.69. The highest BCUT2D eigenvalue weighted by atomic mass is 16.5. The Balaban J connectivity index is 1.95. The number of methoxy groups -OCH3 is 3. The van der Waals surface area contributed by atoms with Gasteiger partial charge in [-0.2, -0.15) is 9.78 Å². The van der Waals surface area contributed by atoms with E-state index >= 15 is 0 Å². The Bertz CT molecular complexity index is 1360. The minimum absolute atomic E-state index is 0.304. The number of nitrogens with zero attached hydrogens (tertiary/aromatic N) is 3. The molecule has 0 aliphatic rings. The van der Waals surface area contributed by atoms with Gasteiger partial charge in [-0.25, -0.2) is 4.98 Å². The van der Waals surface area contributed by atoms with Crippen LogP contribution in [0.15, 0.2) is 70.6 Å². The van der Waals surface area contributed by atoms with E-state index in [0.29, 0.717) is 39.5 Å². The first-order chi connectivity index (χ1) is 15.5. The van der Waals surface area contributed by atoms with Crippen molar-refractivity contribution in [2.24, 2.45) is 5.10 Å². The molecule has 4 rings (SSSR count). The van der Waals surface area contributed by atoms with Crippen LogP contribution in [0.25, 0.3) is 22.3 Å². The van der Waals surface area contributed by atoms with Gasteiger partial charge in [0.2, 0.25) is 0 Å². The topological polar surface area (TPSA) is 74.9 Å². The van der Waals surface area contributed by atoms with Gasteiger partial charge in [0.05, 0.1) is 38.4 Å². The summed E-state index contributed by atoms with van der Waals surface area (Å²) in [4.78, 5) is 18.2. The number of rotatable bonds is 6. The van der Waals surface area contributed by atoms with Crippen LogP contribution in [0, 0.1) is 6.92 Å². The van der Waals surface area contributed by atoms with Crippen molar-refractivity contribution in [3.8, 4) is 28.6 Å². The van der Waals surface area contributed by atoms with E-state index < -0.39 is 0 Å². The van der Waals surface area contributed by atoms with Crippen LogP contribution in [0.1, 0.15) is 11.1 Å². The number of hydrogen-bond acceptors (Lipinski definition) is 6. The third-order valence-electron chi connectivity index (χ3n) is 5.09. The molecule has 3 aromatic carbocycles. The number of benzene rings is 3. The molecule has 0 aliphatic carbocycles. The van der Waals surface area contributed by atoms with Crippen LogP contribution < -0.4 is 19.8 Å². The van der Waals surface area contributed by atoms with Gasteiger partial charge in [0, 0.05) is 5.56 Å². The molecule has 0 saturated heterocycles. The predicted molar refractivity (Wildman–Crippen MR) is 125 cm³/mol. The zero-order valence-electron chi connectivity index (χ0n) is 18.3. The minimum atomic E-state index is -0.304. The van der Waals surface area contributed by atoms with Crippen molar-refractivity contribution in [2.45, 2.75) is 6.92 Å². The summed E-state index contributed by atoms with van der Waals surface area (Å²) in [6.07, 6.45) is 1.64. The molecule has 0 amide bonds. The first kappa shape index (κ1) is 21.1. The Labute approximate surface area is 185 Å². The molecule has 0 atom stereocenters. The summed E-state index contributed by atoms with van der Waals surface area (Å²) in [5.41, 5.74) is 2.92. The predicted octanol–water partition coefficient (Wildman–Crippen LogP) is 4.28. The molecule has 7 heteroatoms. The van der Waals surface area contributed by atoms with E-state index in [4.69, 9.17) is 19.2 Å². The van der Waals surface area contributed by atoms with E-state index in [1.54, 1.807) is 57.9 Å². The fourth-order valence-electron chi connectivity index (χ4n) is 3.33. The molecule has 0 spiro atoms. The molecule has 7 nitrogen and oxygen atoms in total. The second-order valence-electron chi connectivity index (χ2n) is 7.16. The summed E-state index contributed by atoms with van der Waals surface area (Å²) in [6, 6.07) is 18.4. The zero-order valence-corrected chi connectivity index (χ0v) is 18.3. The maximum absolute atomic E-state index is 13.4. The normalized spacial score (nSPS) is 11.1. The molecule has 0 N–H and O–H groups in total. The zero-order chi connectivity index (χ0) is 22.7. The number of ether oxygens (including phenoxy) is 3. The Morgan fingerprint density at radius 1 is 0.875 bits per heavy atom. The van der Waals surface area contributed by atoms with Crippen molar-refractivity contribution in [3.63, 3.8) is 0 Å². The van der Waals surface area contributed by atoms with Crippen LogP contribution >= 0.6 is 0 Å². The van der Waals surface area contributed by atoms with Crippen LogP contribution in [-0.4, -0.2) is 37.2 Å². The molecular formula is C25H23N3O4. The molecule has 4 aromatic rings. The van der Waals surface area contributed by atoms with Crippen LogP contribution in [-0.2, 0) is 0 Å². The van der Waals surface area contributed by atoms with Gasteiger partial charge in [-0.15, -0.1) is 0 Å². The first-order valence-electron chi connectivity index (χ1n) is 9.98. The molecule has 0 saturated carbocycles. The monoisotopic (exact) mass is 429 g/mol. The minimum Gasteiger partial charge on any atom is -0.497 e. The molecule has 1 heterocycles. The van der Waals surface area contributed by atoms with E-state index in [-0.39, 0.29) is 5.56 Å². The smallest absolute Gasteiger partial charge is 0.282 e. The molecule has 0 radical (unpaired) electrons. The van der Waals surface area contributed by atoms with Crippen molar-refractivity contribution in [1.29, 1.82) is 0 Å². The Morgan fingerprint density at radius 2 is 1.62 bits per heavy atom. The molecule has 32 heavy (non-hydrogen) atoms. The second kappa shape index (κ2) is 8.93. The number of aryl methyl sites for hydroxylation is 1. The van der Waals surface area contributed by atoms with Crippen molar-refractivity contribution in [1.82, 2.24) is 9.66 Å². The average molecular weight is 429 g/mol. The quantitative estimate of drug-likeness (QED) is 0.428. The SMILES string of the molecule is COc1ccc2nc(-c3ccc(OC)c(OC)c3)n(N=Cc3ccc(C)cc3)c(=O)c2c1. The van der Waals surface area contributed by atoms with Crippen LogP contribution in [0.3, 0.4) is 0 Å². The first-order valence-corrected chi connectivity index (χ1v) is 9.98. The summed E-state index contributed by atoms with van der Waals surface area (Å²) in [5, 5.41) is 4.90. The van der Waals surface area contributed by atoms with Gasteiger partial charge in [0.1, 0.15) is 5.75 Å². The molecule has 0 fully saturated rings. The molecule has 162 valence electrons. The van der Waals surface area contributed by atoms with Crippen LogP contribution in [0.4, 0.5) is 0 Å². The lowest BCUT2D eigenvalue weighted by atomic mass is 10.1. The van der Waals surface area contributed by atoms with Gasteiger partial charge in [0.15, 0.2) is 17.3 Å². The fourth-order valence-corrected chi connectivity index (χ4v) is 3.33. The van der Waals surface area contributed by atoms with Gasteiger partial charge in [-0.1, -0.05) is 29.8 Å². The lowest BCUT2D eigenvalue weighted by molar-refractivity contribution is 0.355. The average Bonchev–Trinajstić information content (AvgIpc) is 2.83. The van der Waals surface area contributed by atoms with E-state index in [2.05, 4.69) is 5.10 Å². The van der Waals surface area contributed by atoms with Crippen molar-refractivity contribution >= 4 is 17.1 Å². The third kappa shape index (κ3) is 4.05. The fraction of sp³-hybridized carbons (Fsp3) is 0.160. The summed E-state index contributed by atoms with van der Waals surface area (Å²) < 4.78 is 17.3. The largest absolute Gasteiger partial charge is 0.497 e. The highest BCUT2D eigenvalue weighted by Gasteiger charge is 2.15. The third-order valence-corrected chi connectivity index (χ3v) is 5.09. The molecule has 0 unspecified atom stereocenters. The summed E-state index contributed by atoms with van der Waals surface area (Å²) in [6.45, 7) is 2.02. The van der Waals surface area contributed by atoms with Crippen LogP contribution in [0.5, 0.6) is 17.2 Å². The molecule has 1 aromatic heterocycles. The van der Waals surface area contributed by atoms with Crippen molar-refractivity contribution in [3.05, 3.63) is 82.1 Å². The van der Waals surface area contributed by atoms with Gasteiger partial charge < -0.3 is 14.2 Å². The lowest BCUT2D eigenvalue weighted by Crippen LogP contribution is -2.20. The van der Waals surface area contributed by atoms with Gasteiger partial charge in [-0.05, 0) is 48.9 Å². The van der Waals surface area contributed by atoms with Crippen molar-refractivity contribution in [2.75, 3.05) is 21.3 Å². The van der Waals surface area contributed by atoms with E-state index in [1.807, 2.05) is 37.3 Å². The Morgan fingerprint density at radius 3 is 2.31 bits per heavy atom. The second-order valence-corrected chi connectivity index (χ2v) is 7.16. The van der Waals surface area contributed by atoms with Gasteiger partial charge in [-0.3, -0.25) is 4.79 Å². The maximum Gasteiger partial charge on any atom is 0.282 e. The highest BCUT2D eigenvalue weighted by Crippen LogP contribution is 2.32. The molecular weight excluding hydrogens is 406 g/mol. The Hall–Kier alpha value is -4.13. The van der Waals surface area contributed by atoms with E-state index in [1.165, 1.54) is 4.68 Å². The number of aromatic nitrogens is 2. The summed E-state index contributed by atoms with van der Waals surface area (Å²) >= 11 is 0. The van der Waals surface area contributed by atoms with E-state index in [0.717, 1.165) is 11.1 Å². The number of fused-ring (bicyclic) bond motifs is 1. The Kier molecular flexibility index (Phi) is 5.89. The standard InChI is InChI=1S/C25H23N3O4/c1-16-5-7-17(8-6-16)15-26-28-24(18-9-12-22(31-3)23(13-18)32-4)27-21-11-10-19(30-2)14-20(21)25(28)29/h5-15H,1-4H3. The highest BCUT2D eigenvalue weighted by molar-refractivity contribution is 5.83. The molecule has 0 bridgehead atoms. The van der Waals surface area contributed by atoms with E-state index in [9.17, 15) is 4.79 Å². The molecule has 0 aliphatic heterocycles.